The minimum atomic E-state index is -0.425. The van der Waals surface area contributed by atoms with E-state index in [1.807, 2.05) is 6.92 Å². The molecule has 0 aliphatic carbocycles. The Bertz CT molecular complexity index is 444. The van der Waals surface area contributed by atoms with Crippen LogP contribution in [0, 0.1) is 0 Å². The minimum Gasteiger partial charge on any atom is -0.391 e. The number of aliphatic hydroxyl groups excluding tert-OH is 1. The maximum Gasteiger partial charge on any atom is 0.227 e. The van der Waals surface area contributed by atoms with E-state index in [4.69, 9.17) is 23.2 Å². The molecule has 1 aromatic carbocycles. The molecule has 5 heteroatoms. The van der Waals surface area contributed by atoms with Gasteiger partial charge in [-0.1, -0.05) is 29.3 Å². The number of aliphatic hydroxyl groups is 1. The number of nitrogens with zero attached hydrogens (tertiary/aromatic N) is 1. The molecule has 1 saturated heterocycles. The van der Waals surface area contributed by atoms with Crippen LogP contribution in [0.4, 0.5) is 0 Å². The van der Waals surface area contributed by atoms with Gasteiger partial charge in [-0.15, -0.1) is 0 Å². The molecule has 1 N–H and O–H groups in total. The first-order valence-corrected chi connectivity index (χ1v) is 6.65. The zero-order valence-corrected chi connectivity index (χ0v) is 11.6. The number of carbonyl (C=O) groups is 1. The van der Waals surface area contributed by atoms with Crippen LogP contribution in [0.1, 0.15) is 18.9 Å². The van der Waals surface area contributed by atoms with E-state index in [0.717, 1.165) is 0 Å². The van der Waals surface area contributed by atoms with Gasteiger partial charge in [0.15, 0.2) is 0 Å². The summed E-state index contributed by atoms with van der Waals surface area (Å²) >= 11 is 12.1. The monoisotopic (exact) mass is 287 g/mol. The molecule has 0 aromatic heterocycles. The van der Waals surface area contributed by atoms with Crippen molar-refractivity contribution in [2.24, 2.45) is 0 Å². The summed E-state index contributed by atoms with van der Waals surface area (Å²) in [6, 6.07) is 5.26. The van der Waals surface area contributed by atoms with Gasteiger partial charge >= 0.3 is 0 Å². The van der Waals surface area contributed by atoms with Gasteiger partial charge in [0.05, 0.1) is 12.5 Å². The van der Waals surface area contributed by atoms with Crippen molar-refractivity contribution in [3.05, 3.63) is 33.8 Å². The molecule has 0 spiro atoms. The normalized spacial score (nSPS) is 23.4. The number of amides is 1. The van der Waals surface area contributed by atoms with E-state index in [2.05, 4.69) is 0 Å². The number of carbonyl (C=O) groups excluding carboxylic acids is 1. The first-order valence-electron chi connectivity index (χ1n) is 5.89. The molecular weight excluding hydrogens is 273 g/mol. The maximum absolute atomic E-state index is 12.2. The number of rotatable bonds is 2. The van der Waals surface area contributed by atoms with Crippen LogP contribution in [0.25, 0.3) is 0 Å². The van der Waals surface area contributed by atoms with Crippen LogP contribution < -0.4 is 0 Å². The summed E-state index contributed by atoms with van der Waals surface area (Å²) in [7, 11) is 0. The van der Waals surface area contributed by atoms with Crippen molar-refractivity contribution >= 4 is 29.1 Å². The number of hydrogen-bond donors (Lipinski definition) is 1. The van der Waals surface area contributed by atoms with E-state index in [1.165, 1.54) is 0 Å². The van der Waals surface area contributed by atoms with Crippen molar-refractivity contribution in [3.8, 4) is 0 Å². The second-order valence-electron chi connectivity index (χ2n) is 4.66. The van der Waals surface area contributed by atoms with Gasteiger partial charge in [-0.05, 0) is 31.0 Å². The Kier molecular flexibility index (Phi) is 4.15. The summed E-state index contributed by atoms with van der Waals surface area (Å²) < 4.78 is 0. The Hall–Kier alpha value is -0.770. The molecule has 0 bridgehead atoms. The molecule has 18 heavy (non-hydrogen) atoms. The Labute approximate surface area is 116 Å². The van der Waals surface area contributed by atoms with Gasteiger partial charge in [-0.2, -0.15) is 0 Å². The van der Waals surface area contributed by atoms with Crippen LogP contribution >= 0.6 is 23.2 Å². The lowest BCUT2D eigenvalue weighted by molar-refractivity contribution is -0.131. The van der Waals surface area contributed by atoms with Crippen LogP contribution in [-0.4, -0.2) is 34.6 Å². The number of halogens is 2. The summed E-state index contributed by atoms with van der Waals surface area (Å²) in [5, 5.41) is 10.6. The zero-order chi connectivity index (χ0) is 13.3. The Morgan fingerprint density at radius 3 is 2.56 bits per heavy atom. The van der Waals surface area contributed by atoms with Crippen LogP contribution in [0.5, 0.6) is 0 Å². The number of hydrogen-bond acceptors (Lipinski definition) is 2. The van der Waals surface area contributed by atoms with Gasteiger partial charge in [0, 0.05) is 22.6 Å². The molecule has 0 radical (unpaired) electrons. The minimum absolute atomic E-state index is 0.0472. The van der Waals surface area contributed by atoms with Gasteiger partial charge < -0.3 is 10.0 Å². The third kappa shape index (κ3) is 2.79. The molecule has 2 atom stereocenters. The fourth-order valence-corrected chi connectivity index (χ4v) is 2.84. The van der Waals surface area contributed by atoms with Crippen molar-refractivity contribution in [2.45, 2.75) is 31.9 Å². The molecule has 1 aromatic rings. The van der Waals surface area contributed by atoms with Crippen molar-refractivity contribution < 1.29 is 9.90 Å². The highest BCUT2D eigenvalue weighted by Crippen LogP contribution is 2.26. The van der Waals surface area contributed by atoms with E-state index in [-0.39, 0.29) is 18.4 Å². The molecule has 1 fully saturated rings. The fraction of sp³-hybridized carbons (Fsp3) is 0.462. The lowest BCUT2D eigenvalue weighted by atomic mass is 10.1. The average molecular weight is 288 g/mol. The molecule has 0 saturated carbocycles. The van der Waals surface area contributed by atoms with Crippen molar-refractivity contribution in [1.29, 1.82) is 0 Å². The van der Waals surface area contributed by atoms with Crippen LogP contribution in [0.15, 0.2) is 18.2 Å². The lowest BCUT2D eigenvalue weighted by Gasteiger charge is -2.21. The van der Waals surface area contributed by atoms with E-state index in [9.17, 15) is 9.90 Å². The SMILES string of the molecule is C[C@@H]1C[C@@H](O)CN1C(=O)Cc1c(Cl)cccc1Cl. The summed E-state index contributed by atoms with van der Waals surface area (Å²) in [5.74, 6) is -0.0472. The summed E-state index contributed by atoms with van der Waals surface area (Å²) in [4.78, 5) is 13.9. The van der Waals surface area contributed by atoms with Gasteiger partial charge in [0.1, 0.15) is 0 Å². The van der Waals surface area contributed by atoms with E-state index in [1.54, 1.807) is 23.1 Å². The van der Waals surface area contributed by atoms with Gasteiger partial charge in [-0.25, -0.2) is 0 Å². The fourth-order valence-electron chi connectivity index (χ4n) is 2.30. The first-order chi connectivity index (χ1) is 8.49. The molecule has 0 unspecified atom stereocenters. The number of likely N-dealkylation sites (tertiary alicyclic amines) is 1. The van der Waals surface area contributed by atoms with Crippen molar-refractivity contribution in [3.63, 3.8) is 0 Å². The van der Waals surface area contributed by atoms with E-state index < -0.39 is 6.10 Å². The van der Waals surface area contributed by atoms with Crippen molar-refractivity contribution in [1.82, 2.24) is 4.90 Å². The Balaban J connectivity index is 2.12. The predicted molar refractivity (Wildman–Crippen MR) is 72.0 cm³/mol. The second-order valence-corrected chi connectivity index (χ2v) is 5.48. The molecule has 1 aliphatic heterocycles. The van der Waals surface area contributed by atoms with E-state index >= 15 is 0 Å². The molecule has 2 rings (SSSR count). The smallest absolute Gasteiger partial charge is 0.227 e. The lowest BCUT2D eigenvalue weighted by Crippen LogP contribution is -2.35. The molecule has 3 nitrogen and oxygen atoms in total. The van der Waals surface area contributed by atoms with Crippen LogP contribution in [-0.2, 0) is 11.2 Å². The average Bonchev–Trinajstić information content (AvgIpc) is 2.63. The number of benzene rings is 1. The van der Waals surface area contributed by atoms with Gasteiger partial charge in [0.2, 0.25) is 5.91 Å². The topological polar surface area (TPSA) is 40.5 Å². The van der Waals surface area contributed by atoms with Gasteiger partial charge in [0.25, 0.3) is 0 Å². The number of β-amino-alcohol motifs (C(OH)–C–C–N with tert-alkyl or cyclic N) is 1. The van der Waals surface area contributed by atoms with Crippen LogP contribution in [0.2, 0.25) is 10.0 Å². The largest absolute Gasteiger partial charge is 0.391 e. The quantitative estimate of drug-likeness (QED) is 0.908. The predicted octanol–water partition coefficient (Wildman–Crippen LogP) is 2.52. The second kappa shape index (κ2) is 5.47. The highest BCUT2D eigenvalue weighted by Gasteiger charge is 2.31. The summed E-state index contributed by atoms with van der Waals surface area (Å²) in [6.07, 6.45) is 0.378. The molecule has 98 valence electrons. The van der Waals surface area contributed by atoms with E-state index in [0.29, 0.717) is 28.6 Å². The zero-order valence-electron chi connectivity index (χ0n) is 10.1. The third-order valence-electron chi connectivity index (χ3n) is 3.26. The maximum atomic E-state index is 12.2. The Morgan fingerprint density at radius 1 is 1.44 bits per heavy atom. The molecular formula is C13H15Cl2NO2. The highest BCUT2D eigenvalue weighted by atomic mass is 35.5. The highest BCUT2D eigenvalue weighted by molar-refractivity contribution is 6.36. The third-order valence-corrected chi connectivity index (χ3v) is 3.97. The van der Waals surface area contributed by atoms with Crippen LogP contribution in [0.3, 0.4) is 0 Å². The summed E-state index contributed by atoms with van der Waals surface area (Å²) in [6.45, 7) is 2.32. The van der Waals surface area contributed by atoms with Gasteiger partial charge in [-0.3, -0.25) is 4.79 Å². The molecule has 1 amide bonds. The molecule has 1 heterocycles. The standard InChI is InChI=1S/C13H15Cl2NO2/c1-8-5-9(17)7-16(8)13(18)6-10-11(14)3-2-4-12(10)15/h2-4,8-9,17H,5-7H2,1H3/t8-,9-/m1/s1. The Morgan fingerprint density at radius 2 is 2.06 bits per heavy atom. The van der Waals surface area contributed by atoms with Crippen molar-refractivity contribution in [2.75, 3.05) is 6.54 Å². The summed E-state index contributed by atoms with van der Waals surface area (Å²) in [5.41, 5.74) is 0.652. The molecule has 1 aliphatic rings. The first kappa shape index (κ1) is 13.7.